The van der Waals surface area contributed by atoms with Crippen LogP contribution in [0.5, 0.6) is 0 Å². The van der Waals surface area contributed by atoms with E-state index in [0.717, 1.165) is 11.8 Å². The predicted octanol–water partition coefficient (Wildman–Crippen LogP) is 3.63. The van der Waals surface area contributed by atoms with E-state index in [2.05, 4.69) is 10.2 Å². The molecule has 4 rings (SSSR count). The summed E-state index contributed by atoms with van der Waals surface area (Å²) >= 11 is 0. The SMILES string of the molecule is O=C1NCN(c2ccccc2)C12CCN(Cc1ccccc1C(F)(F)F)CC2. The molecule has 2 aliphatic rings. The molecule has 0 bridgehead atoms. The molecule has 0 atom stereocenters. The smallest absolute Gasteiger partial charge is 0.339 e. The molecule has 2 saturated heterocycles. The van der Waals surface area contributed by atoms with Crippen LogP contribution in [0.25, 0.3) is 0 Å². The van der Waals surface area contributed by atoms with Gasteiger partial charge in [0.15, 0.2) is 0 Å². The average Bonchev–Trinajstić information content (AvgIpc) is 3.00. The van der Waals surface area contributed by atoms with Crippen molar-refractivity contribution < 1.29 is 18.0 Å². The van der Waals surface area contributed by atoms with Crippen LogP contribution in [0.15, 0.2) is 54.6 Å². The van der Waals surface area contributed by atoms with E-state index in [1.807, 2.05) is 35.2 Å². The van der Waals surface area contributed by atoms with Crippen molar-refractivity contribution in [1.82, 2.24) is 10.2 Å². The monoisotopic (exact) mass is 389 g/mol. The van der Waals surface area contributed by atoms with Crippen LogP contribution in [-0.2, 0) is 17.5 Å². The van der Waals surface area contributed by atoms with Crippen molar-refractivity contribution in [3.8, 4) is 0 Å². The Hall–Kier alpha value is -2.54. The van der Waals surface area contributed by atoms with Crippen LogP contribution in [0.2, 0.25) is 0 Å². The topological polar surface area (TPSA) is 35.6 Å². The zero-order valence-corrected chi connectivity index (χ0v) is 15.4. The van der Waals surface area contributed by atoms with Crippen molar-refractivity contribution in [2.45, 2.75) is 31.1 Å². The molecule has 148 valence electrons. The number of nitrogens with one attached hydrogen (secondary N) is 1. The first-order chi connectivity index (χ1) is 13.4. The lowest BCUT2D eigenvalue weighted by Gasteiger charge is -2.43. The molecule has 1 amide bonds. The number of benzene rings is 2. The number of alkyl halides is 3. The van der Waals surface area contributed by atoms with Gasteiger partial charge in [-0.2, -0.15) is 13.2 Å². The average molecular weight is 389 g/mol. The van der Waals surface area contributed by atoms with E-state index in [-0.39, 0.29) is 18.0 Å². The van der Waals surface area contributed by atoms with E-state index in [4.69, 9.17) is 0 Å². The first kappa shape index (κ1) is 18.8. The van der Waals surface area contributed by atoms with E-state index < -0.39 is 17.3 Å². The van der Waals surface area contributed by atoms with Gasteiger partial charge in [-0.05, 0) is 36.6 Å². The standard InChI is InChI=1S/C21H22F3N3O/c22-21(23,24)18-9-5-4-6-16(18)14-26-12-10-20(11-13-26)19(28)25-15-27(20)17-7-2-1-3-8-17/h1-9H,10-15H2,(H,25,28). The molecule has 7 heteroatoms. The number of anilines is 1. The molecule has 0 unspecified atom stereocenters. The highest BCUT2D eigenvalue weighted by Crippen LogP contribution is 2.37. The third-order valence-corrected chi connectivity index (χ3v) is 5.80. The zero-order chi connectivity index (χ0) is 19.8. The molecule has 2 aromatic rings. The third-order valence-electron chi connectivity index (χ3n) is 5.80. The van der Waals surface area contributed by atoms with Crippen LogP contribution in [0.3, 0.4) is 0 Å². The quantitative estimate of drug-likeness (QED) is 0.871. The van der Waals surface area contributed by atoms with Crippen LogP contribution in [0.1, 0.15) is 24.0 Å². The van der Waals surface area contributed by atoms with Gasteiger partial charge in [-0.3, -0.25) is 9.69 Å². The van der Waals surface area contributed by atoms with Crippen molar-refractivity contribution in [2.24, 2.45) is 0 Å². The molecular weight excluding hydrogens is 367 g/mol. The van der Waals surface area contributed by atoms with E-state index in [1.54, 1.807) is 6.07 Å². The molecular formula is C21H22F3N3O. The van der Waals surface area contributed by atoms with Crippen molar-refractivity contribution in [2.75, 3.05) is 24.7 Å². The second-order valence-corrected chi connectivity index (χ2v) is 7.39. The Morgan fingerprint density at radius 3 is 2.29 bits per heavy atom. The largest absolute Gasteiger partial charge is 0.416 e. The minimum absolute atomic E-state index is 0.00620. The number of rotatable bonds is 3. The molecule has 2 aromatic carbocycles. The Labute approximate surface area is 161 Å². The first-order valence-electron chi connectivity index (χ1n) is 9.39. The highest BCUT2D eigenvalue weighted by molar-refractivity contribution is 5.93. The first-order valence-corrected chi connectivity index (χ1v) is 9.39. The molecule has 1 N–H and O–H groups in total. The number of hydrogen-bond donors (Lipinski definition) is 1. The lowest BCUT2D eigenvalue weighted by Crippen LogP contribution is -2.56. The van der Waals surface area contributed by atoms with Crippen molar-refractivity contribution in [1.29, 1.82) is 0 Å². The minimum Gasteiger partial charge on any atom is -0.339 e. The summed E-state index contributed by atoms with van der Waals surface area (Å²) in [6, 6.07) is 15.5. The van der Waals surface area contributed by atoms with E-state index in [9.17, 15) is 18.0 Å². The number of carbonyl (C=O) groups excluding carboxylic acids is 1. The summed E-state index contributed by atoms with van der Waals surface area (Å²) in [5.41, 5.74) is 0.0553. The molecule has 2 aliphatic heterocycles. The van der Waals surface area contributed by atoms with Crippen LogP contribution < -0.4 is 10.2 Å². The normalized spacial score (nSPS) is 19.8. The molecule has 28 heavy (non-hydrogen) atoms. The highest BCUT2D eigenvalue weighted by atomic mass is 19.4. The Kier molecular flexibility index (Phi) is 4.79. The minimum atomic E-state index is -4.36. The van der Waals surface area contributed by atoms with Crippen LogP contribution in [0.4, 0.5) is 18.9 Å². The Morgan fingerprint density at radius 1 is 0.964 bits per heavy atom. The Balaban J connectivity index is 1.50. The lowest BCUT2D eigenvalue weighted by atomic mass is 9.85. The summed E-state index contributed by atoms with van der Waals surface area (Å²) in [7, 11) is 0. The van der Waals surface area contributed by atoms with Crippen molar-refractivity contribution in [3.63, 3.8) is 0 Å². The Bertz CT molecular complexity index is 845. The third kappa shape index (κ3) is 3.35. The summed E-state index contributed by atoms with van der Waals surface area (Å²) in [6.07, 6.45) is -3.19. The maximum Gasteiger partial charge on any atom is 0.416 e. The maximum atomic E-state index is 13.3. The van der Waals surface area contributed by atoms with Gasteiger partial charge in [-0.1, -0.05) is 36.4 Å². The van der Waals surface area contributed by atoms with Crippen molar-refractivity contribution in [3.05, 3.63) is 65.7 Å². The summed E-state index contributed by atoms with van der Waals surface area (Å²) in [5, 5.41) is 2.94. The molecule has 0 aliphatic carbocycles. The fourth-order valence-electron chi connectivity index (χ4n) is 4.29. The van der Waals surface area contributed by atoms with Crippen LogP contribution >= 0.6 is 0 Å². The van der Waals surface area contributed by atoms with E-state index in [0.29, 0.717) is 32.6 Å². The number of piperidine rings is 1. The summed E-state index contributed by atoms with van der Waals surface area (Å²) < 4.78 is 39.8. The van der Waals surface area contributed by atoms with E-state index >= 15 is 0 Å². The molecule has 0 saturated carbocycles. The van der Waals surface area contributed by atoms with E-state index in [1.165, 1.54) is 12.1 Å². The fourth-order valence-corrected chi connectivity index (χ4v) is 4.29. The molecule has 0 aromatic heterocycles. The van der Waals surface area contributed by atoms with Gasteiger partial charge in [0.25, 0.3) is 0 Å². The van der Waals surface area contributed by atoms with Gasteiger partial charge in [0.1, 0.15) is 5.54 Å². The number of para-hydroxylation sites is 1. The van der Waals surface area contributed by atoms with Gasteiger partial charge in [0.05, 0.1) is 12.2 Å². The van der Waals surface area contributed by atoms with Gasteiger partial charge in [-0.15, -0.1) is 0 Å². The molecule has 1 spiro atoms. The van der Waals surface area contributed by atoms with Crippen LogP contribution in [0, 0.1) is 0 Å². The number of halogens is 3. The second-order valence-electron chi connectivity index (χ2n) is 7.39. The Morgan fingerprint density at radius 2 is 1.61 bits per heavy atom. The molecule has 2 fully saturated rings. The maximum absolute atomic E-state index is 13.3. The molecule has 2 heterocycles. The van der Waals surface area contributed by atoms with Gasteiger partial charge in [0.2, 0.25) is 5.91 Å². The fraction of sp³-hybridized carbons (Fsp3) is 0.381. The highest BCUT2D eigenvalue weighted by Gasteiger charge is 2.50. The summed E-state index contributed by atoms with van der Waals surface area (Å²) in [5.74, 6) is 0.00620. The number of amides is 1. The number of nitrogens with zero attached hydrogens (tertiary/aromatic N) is 2. The second kappa shape index (κ2) is 7.13. The molecule has 0 radical (unpaired) electrons. The van der Waals surface area contributed by atoms with Crippen LogP contribution in [-0.4, -0.2) is 36.1 Å². The lowest BCUT2D eigenvalue weighted by molar-refractivity contribution is -0.138. The number of hydrogen-bond acceptors (Lipinski definition) is 3. The van der Waals surface area contributed by atoms with Gasteiger partial charge >= 0.3 is 6.18 Å². The van der Waals surface area contributed by atoms with Gasteiger partial charge in [0, 0.05) is 25.3 Å². The number of carbonyl (C=O) groups is 1. The summed E-state index contributed by atoms with van der Waals surface area (Å²) in [4.78, 5) is 16.8. The summed E-state index contributed by atoms with van der Waals surface area (Å²) in [6.45, 7) is 1.84. The van der Waals surface area contributed by atoms with Gasteiger partial charge in [-0.25, -0.2) is 0 Å². The van der Waals surface area contributed by atoms with Gasteiger partial charge < -0.3 is 10.2 Å². The number of likely N-dealkylation sites (tertiary alicyclic amines) is 1. The zero-order valence-electron chi connectivity index (χ0n) is 15.4. The van der Waals surface area contributed by atoms with Crippen molar-refractivity contribution >= 4 is 11.6 Å². The predicted molar refractivity (Wildman–Crippen MR) is 101 cm³/mol. The molecule has 4 nitrogen and oxygen atoms in total.